The Morgan fingerprint density at radius 2 is 1.95 bits per heavy atom. The van der Waals surface area contributed by atoms with Crippen molar-refractivity contribution in [1.82, 2.24) is 4.90 Å². The van der Waals surface area contributed by atoms with Gasteiger partial charge in [0.25, 0.3) is 5.91 Å². The third kappa shape index (κ3) is 3.21. The van der Waals surface area contributed by atoms with Gasteiger partial charge in [-0.2, -0.15) is 0 Å². The molecule has 1 aliphatic heterocycles. The first-order valence-corrected chi connectivity index (χ1v) is 7.02. The molecule has 19 heavy (non-hydrogen) atoms. The normalized spacial score (nSPS) is 15.7. The highest BCUT2D eigenvalue weighted by molar-refractivity contribution is 6.32. The number of aryl methyl sites for hydroxylation is 1. The second kappa shape index (κ2) is 5.41. The van der Waals surface area contributed by atoms with Crippen LogP contribution in [0.5, 0.6) is 5.75 Å². The number of hydrogen-bond donors (Lipinski definition) is 0. The van der Waals surface area contributed by atoms with E-state index in [1.54, 1.807) is 19.9 Å². The standard InChI is InChI=1S/C15H20ClNO2/c1-11-6-7-12(16)13(10-11)19-15(2,3)14(18)17-8-4-5-9-17/h6-7,10H,4-5,8-9H2,1-3H3. The second-order valence-electron chi connectivity index (χ2n) is 5.55. The van der Waals surface area contributed by atoms with Crippen molar-refractivity contribution in [2.75, 3.05) is 13.1 Å². The molecule has 0 unspecified atom stereocenters. The lowest BCUT2D eigenvalue weighted by Crippen LogP contribution is -2.47. The SMILES string of the molecule is Cc1ccc(Cl)c(OC(C)(C)C(=O)N2CCCC2)c1. The number of benzene rings is 1. The molecule has 0 aromatic heterocycles. The minimum atomic E-state index is -0.887. The van der Waals surface area contributed by atoms with Gasteiger partial charge < -0.3 is 9.64 Å². The van der Waals surface area contributed by atoms with Gasteiger partial charge in [0.1, 0.15) is 5.75 Å². The van der Waals surface area contributed by atoms with E-state index >= 15 is 0 Å². The topological polar surface area (TPSA) is 29.5 Å². The molecular formula is C15H20ClNO2. The van der Waals surface area contributed by atoms with Crippen LogP contribution in [0.4, 0.5) is 0 Å². The Balaban J connectivity index is 2.15. The fourth-order valence-corrected chi connectivity index (χ4v) is 2.46. The van der Waals surface area contributed by atoms with Gasteiger partial charge in [-0.15, -0.1) is 0 Å². The second-order valence-corrected chi connectivity index (χ2v) is 5.95. The lowest BCUT2D eigenvalue weighted by molar-refractivity contribution is -0.144. The first-order valence-electron chi connectivity index (χ1n) is 6.65. The molecule has 1 heterocycles. The fraction of sp³-hybridized carbons (Fsp3) is 0.533. The maximum Gasteiger partial charge on any atom is 0.266 e. The van der Waals surface area contributed by atoms with E-state index in [9.17, 15) is 4.79 Å². The molecule has 0 bridgehead atoms. The lowest BCUT2D eigenvalue weighted by atomic mass is 10.1. The summed E-state index contributed by atoms with van der Waals surface area (Å²) < 4.78 is 5.86. The average molecular weight is 282 g/mol. The highest BCUT2D eigenvalue weighted by Crippen LogP contribution is 2.30. The molecule has 0 radical (unpaired) electrons. The van der Waals surface area contributed by atoms with Gasteiger partial charge >= 0.3 is 0 Å². The summed E-state index contributed by atoms with van der Waals surface area (Å²) in [5.41, 5.74) is 0.172. The van der Waals surface area contributed by atoms with E-state index < -0.39 is 5.60 Å². The van der Waals surface area contributed by atoms with Crippen LogP contribution in [0.25, 0.3) is 0 Å². The molecule has 0 aliphatic carbocycles. The van der Waals surface area contributed by atoms with Crippen molar-refractivity contribution in [2.24, 2.45) is 0 Å². The Hall–Kier alpha value is -1.22. The molecular weight excluding hydrogens is 262 g/mol. The Kier molecular flexibility index (Phi) is 4.04. The minimum absolute atomic E-state index is 0.0302. The summed E-state index contributed by atoms with van der Waals surface area (Å²) >= 11 is 6.12. The summed E-state index contributed by atoms with van der Waals surface area (Å²) in [6, 6.07) is 5.58. The van der Waals surface area contributed by atoms with Crippen LogP contribution in [0, 0.1) is 6.92 Å². The maximum atomic E-state index is 12.4. The molecule has 0 atom stereocenters. The van der Waals surface area contributed by atoms with E-state index in [1.165, 1.54) is 0 Å². The summed E-state index contributed by atoms with van der Waals surface area (Å²) in [6.45, 7) is 7.22. The molecule has 1 aliphatic rings. The number of carbonyl (C=O) groups is 1. The smallest absolute Gasteiger partial charge is 0.266 e. The van der Waals surface area contributed by atoms with Crippen molar-refractivity contribution in [2.45, 2.75) is 39.2 Å². The Labute approximate surface area is 119 Å². The van der Waals surface area contributed by atoms with Gasteiger partial charge in [0.05, 0.1) is 5.02 Å². The molecule has 1 saturated heterocycles. The van der Waals surface area contributed by atoms with Crippen LogP contribution >= 0.6 is 11.6 Å². The number of rotatable bonds is 3. The van der Waals surface area contributed by atoms with E-state index in [0.29, 0.717) is 10.8 Å². The van der Waals surface area contributed by atoms with Gasteiger partial charge in [0.2, 0.25) is 0 Å². The highest BCUT2D eigenvalue weighted by Gasteiger charge is 2.35. The number of likely N-dealkylation sites (tertiary alicyclic amines) is 1. The van der Waals surface area contributed by atoms with Crippen molar-refractivity contribution in [1.29, 1.82) is 0 Å². The monoisotopic (exact) mass is 281 g/mol. The zero-order chi connectivity index (χ0) is 14.0. The van der Waals surface area contributed by atoms with E-state index in [4.69, 9.17) is 16.3 Å². The van der Waals surface area contributed by atoms with Crippen LogP contribution in [0.3, 0.4) is 0 Å². The lowest BCUT2D eigenvalue weighted by Gasteiger charge is -2.30. The first kappa shape index (κ1) is 14.2. The van der Waals surface area contributed by atoms with Crippen LogP contribution in [-0.2, 0) is 4.79 Å². The zero-order valence-electron chi connectivity index (χ0n) is 11.7. The summed E-state index contributed by atoms with van der Waals surface area (Å²) in [4.78, 5) is 14.3. The average Bonchev–Trinajstić information content (AvgIpc) is 2.86. The molecule has 0 saturated carbocycles. The molecule has 1 fully saturated rings. The summed E-state index contributed by atoms with van der Waals surface area (Å²) in [6.07, 6.45) is 2.15. The quantitative estimate of drug-likeness (QED) is 0.849. The highest BCUT2D eigenvalue weighted by atomic mass is 35.5. The van der Waals surface area contributed by atoms with Gasteiger partial charge in [-0.05, 0) is 51.3 Å². The number of amides is 1. The summed E-state index contributed by atoms with van der Waals surface area (Å²) in [5.74, 6) is 0.599. The van der Waals surface area contributed by atoms with Crippen LogP contribution < -0.4 is 4.74 Å². The predicted molar refractivity (Wildman–Crippen MR) is 76.7 cm³/mol. The van der Waals surface area contributed by atoms with Crippen LogP contribution in [0.2, 0.25) is 5.02 Å². The van der Waals surface area contributed by atoms with Crippen LogP contribution in [-0.4, -0.2) is 29.5 Å². The van der Waals surface area contributed by atoms with Gasteiger partial charge in [-0.1, -0.05) is 17.7 Å². The van der Waals surface area contributed by atoms with Gasteiger partial charge in [0.15, 0.2) is 5.60 Å². The number of halogens is 1. The van der Waals surface area contributed by atoms with E-state index in [0.717, 1.165) is 31.5 Å². The maximum absolute atomic E-state index is 12.4. The molecule has 0 N–H and O–H groups in total. The van der Waals surface area contributed by atoms with E-state index in [-0.39, 0.29) is 5.91 Å². The van der Waals surface area contributed by atoms with Gasteiger partial charge in [-0.25, -0.2) is 0 Å². The van der Waals surface area contributed by atoms with Gasteiger partial charge in [0, 0.05) is 13.1 Å². The Bertz CT molecular complexity index is 479. The molecule has 104 valence electrons. The molecule has 0 spiro atoms. The molecule has 2 rings (SSSR count). The van der Waals surface area contributed by atoms with Crippen LogP contribution in [0.1, 0.15) is 32.3 Å². The third-order valence-electron chi connectivity index (χ3n) is 3.36. The van der Waals surface area contributed by atoms with E-state index in [2.05, 4.69) is 0 Å². The van der Waals surface area contributed by atoms with Crippen molar-refractivity contribution in [3.63, 3.8) is 0 Å². The fourth-order valence-electron chi connectivity index (χ4n) is 2.31. The first-order chi connectivity index (χ1) is 8.90. The van der Waals surface area contributed by atoms with Crippen molar-refractivity contribution in [3.05, 3.63) is 28.8 Å². The Morgan fingerprint density at radius 1 is 1.32 bits per heavy atom. The number of carbonyl (C=O) groups excluding carboxylic acids is 1. The predicted octanol–water partition coefficient (Wildman–Crippen LogP) is 3.43. The zero-order valence-corrected chi connectivity index (χ0v) is 12.5. The minimum Gasteiger partial charge on any atom is -0.476 e. The Morgan fingerprint density at radius 3 is 2.58 bits per heavy atom. The molecule has 3 nitrogen and oxygen atoms in total. The van der Waals surface area contributed by atoms with Gasteiger partial charge in [-0.3, -0.25) is 4.79 Å². The van der Waals surface area contributed by atoms with E-state index in [1.807, 2.05) is 24.0 Å². The summed E-state index contributed by atoms with van der Waals surface area (Å²) in [5, 5.41) is 0.535. The number of nitrogens with zero attached hydrogens (tertiary/aromatic N) is 1. The molecule has 1 aromatic carbocycles. The summed E-state index contributed by atoms with van der Waals surface area (Å²) in [7, 11) is 0. The molecule has 4 heteroatoms. The van der Waals surface area contributed by atoms with Crippen molar-refractivity contribution < 1.29 is 9.53 Å². The number of hydrogen-bond acceptors (Lipinski definition) is 2. The largest absolute Gasteiger partial charge is 0.476 e. The van der Waals surface area contributed by atoms with Crippen molar-refractivity contribution >= 4 is 17.5 Å². The molecule has 1 aromatic rings. The number of ether oxygens (including phenoxy) is 1. The third-order valence-corrected chi connectivity index (χ3v) is 3.67. The van der Waals surface area contributed by atoms with Crippen LogP contribution in [0.15, 0.2) is 18.2 Å². The van der Waals surface area contributed by atoms with Crippen molar-refractivity contribution in [3.8, 4) is 5.75 Å². The molecule has 1 amide bonds.